The van der Waals surface area contributed by atoms with E-state index in [1.165, 1.54) is 12.7 Å². The standard InChI is InChI=1S/C10H13N5O3.H5O10P3/c1-4-6(16)7(17)10(18-4)15-3-14-5-8(11)12-2-13-9(5)15;1-11(2,3)9-13(7,8)10-12(4,5)6/h2-4,6-7,10,16-17H,1H3,(H2,11,12,13);(H,7,8)(H2,1,2,3)(H2,4,5,6)/t4-,6-,7-,10-;/m1./s1. The average molecular weight is 509 g/mol. The molecule has 4 atom stereocenters. The molecule has 0 aliphatic carbocycles. The Morgan fingerprint density at radius 2 is 1.55 bits per heavy atom. The number of imidazole rings is 1. The van der Waals surface area contributed by atoms with E-state index < -0.39 is 48.0 Å². The molecule has 0 amide bonds. The first-order valence-corrected chi connectivity index (χ1v) is 12.4. The molecule has 21 heteroatoms. The topological polar surface area (TPSA) is 290 Å². The number of aliphatic hydroxyl groups is 2. The monoisotopic (exact) mass is 509 g/mol. The lowest BCUT2D eigenvalue weighted by atomic mass is 10.1. The average Bonchev–Trinajstić information content (AvgIpc) is 3.09. The van der Waals surface area contributed by atoms with Gasteiger partial charge in [0.2, 0.25) is 0 Å². The molecule has 2 aromatic rings. The Balaban J connectivity index is 0.000000235. The van der Waals surface area contributed by atoms with Crippen LogP contribution in [0.2, 0.25) is 0 Å². The van der Waals surface area contributed by atoms with Crippen LogP contribution in [0, 0.1) is 0 Å². The van der Waals surface area contributed by atoms with E-state index in [1.54, 1.807) is 11.5 Å². The summed E-state index contributed by atoms with van der Waals surface area (Å²) in [7, 11) is -16.2. The van der Waals surface area contributed by atoms with Gasteiger partial charge >= 0.3 is 23.5 Å². The molecule has 176 valence electrons. The van der Waals surface area contributed by atoms with E-state index in [0.29, 0.717) is 11.2 Å². The van der Waals surface area contributed by atoms with Crippen LogP contribution in [-0.4, -0.2) is 72.5 Å². The quantitative estimate of drug-likeness (QED) is 0.209. The van der Waals surface area contributed by atoms with Crippen LogP contribution < -0.4 is 5.73 Å². The van der Waals surface area contributed by atoms with E-state index in [4.69, 9.17) is 34.9 Å². The molecular formula is C10H18N5O13P3. The SMILES string of the molecule is C[C@H]1O[C@@H](n2cnc3c(N)ncnc32)[C@H](O)[C@@H]1O.O=P(O)(O)OP(=O)(O)OP(=O)(O)O. The van der Waals surface area contributed by atoms with Crippen LogP contribution in [0.15, 0.2) is 12.7 Å². The summed E-state index contributed by atoms with van der Waals surface area (Å²) >= 11 is 0. The molecule has 0 unspecified atom stereocenters. The summed E-state index contributed by atoms with van der Waals surface area (Å²) in [6.07, 6.45) is -0.373. The number of aliphatic hydroxyl groups excluding tert-OH is 2. The first kappa shape index (κ1) is 25.9. The van der Waals surface area contributed by atoms with Gasteiger partial charge in [-0.1, -0.05) is 0 Å². The van der Waals surface area contributed by atoms with Gasteiger partial charge in [0.1, 0.15) is 24.1 Å². The normalized spacial score (nSPS) is 24.8. The summed E-state index contributed by atoms with van der Waals surface area (Å²) in [5.41, 5.74) is 6.59. The molecule has 0 radical (unpaired) electrons. The van der Waals surface area contributed by atoms with Crippen LogP contribution in [0.1, 0.15) is 13.2 Å². The third-order valence-corrected chi connectivity index (χ3v) is 6.91. The summed E-state index contributed by atoms with van der Waals surface area (Å²) in [5.74, 6) is 0.264. The lowest BCUT2D eigenvalue weighted by Gasteiger charge is -2.16. The molecular weight excluding hydrogens is 491 g/mol. The fourth-order valence-electron chi connectivity index (χ4n) is 2.40. The summed E-state index contributed by atoms with van der Waals surface area (Å²) in [6, 6.07) is 0. The van der Waals surface area contributed by atoms with Crippen LogP contribution >= 0.6 is 23.5 Å². The number of nitrogens with zero attached hydrogens (tertiary/aromatic N) is 4. The second-order valence-electron chi connectivity index (χ2n) is 5.91. The molecule has 3 rings (SSSR count). The highest BCUT2D eigenvalue weighted by atomic mass is 31.3. The maximum absolute atomic E-state index is 10.4. The first-order chi connectivity index (χ1) is 14.0. The van der Waals surface area contributed by atoms with Crippen molar-refractivity contribution in [3.05, 3.63) is 12.7 Å². The van der Waals surface area contributed by atoms with Gasteiger partial charge in [-0.3, -0.25) is 4.57 Å². The molecule has 3 heterocycles. The molecule has 1 aliphatic heterocycles. The molecule has 0 bridgehead atoms. The number of rotatable bonds is 5. The number of hydrogen-bond acceptors (Lipinski definition) is 12. The Labute approximate surface area is 172 Å². The van der Waals surface area contributed by atoms with Crippen LogP contribution in [0.5, 0.6) is 0 Å². The number of hydrogen-bond donors (Lipinski definition) is 8. The van der Waals surface area contributed by atoms with Gasteiger partial charge in [0.15, 0.2) is 17.7 Å². The number of nitrogen functional groups attached to an aromatic ring is 1. The maximum Gasteiger partial charge on any atom is 0.490 e. The van der Waals surface area contributed by atoms with Crippen molar-refractivity contribution in [1.82, 2.24) is 19.5 Å². The third-order valence-electron chi connectivity index (χ3n) is 3.56. The number of anilines is 1. The fraction of sp³-hybridized carbons (Fsp3) is 0.500. The van der Waals surface area contributed by atoms with Gasteiger partial charge < -0.3 is 45.2 Å². The minimum atomic E-state index is -5.46. The molecule has 1 saturated heterocycles. The van der Waals surface area contributed by atoms with E-state index in [1.807, 2.05) is 0 Å². The van der Waals surface area contributed by atoms with Crippen molar-refractivity contribution in [3.8, 4) is 0 Å². The minimum absolute atomic E-state index is 0.264. The summed E-state index contributed by atoms with van der Waals surface area (Å²) in [4.78, 5) is 52.2. The van der Waals surface area contributed by atoms with Crippen LogP contribution in [0.25, 0.3) is 11.2 Å². The highest BCUT2D eigenvalue weighted by Gasteiger charge is 2.42. The molecule has 1 aliphatic rings. The van der Waals surface area contributed by atoms with Gasteiger partial charge in [-0.25, -0.2) is 28.6 Å². The number of nitrogens with two attached hydrogens (primary N) is 1. The highest BCUT2D eigenvalue weighted by molar-refractivity contribution is 7.66. The van der Waals surface area contributed by atoms with Crippen molar-refractivity contribution < 1.29 is 61.7 Å². The smallest absolute Gasteiger partial charge is 0.388 e. The molecule has 0 spiro atoms. The minimum Gasteiger partial charge on any atom is -0.388 e. The molecule has 18 nitrogen and oxygen atoms in total. The predicted molar refractivity (Wildman–Crippen MR) is 97.4 cm³/mol. The first-order valence-electron chi connectivity index (χ1n) is 7.82. The highest BCUT2D eigenvalue weighted by Crippen LogP contribution is 2.64. The second-order valence-corrected chi connectivity index (χ2v) is 10.1. The van der Waals surface area contributed by atoms with Crippen LogP contribution in [-0.2, 0) is 27.1 Å². The maximum atomic E-state index is 10.4. The predicted octanol–water partition coefficient (Wildman–Crippen LogP) is -1.65. The van der Waals surface area contributed by atoms with Gasteiger partial charge in [0.05, 0.1) is 12.4 Å². The number of phosphoric acid groups is 3. The summed E-state index contributed by atoms with van der Waals surface area (Å²) < 4.78 is 43.4. The molecule has 0 aromatic carbocycles. The lowest BCUT2D eigenvalue weighted by molar-refractivity contribution is -0.0299. The Morgan fingerprint density at radius 3 is 2.00 bits per heavy atom. The van der Waals surface area contributed by atoms with Crippen LogP contribution in [0.4, 0.5) is 5.82 Å². The Morgan fingerprint density at radius 1 is 1.00 bits per heavy atom. The molecule has 31 heavy (non-hydrogen) atoms. The Hall–Kier alpha value is -1.36. The third kappa shape index (κ3) is 7.06. The van der Waals surface area contributed by atoms with E-state index in [0.717, 1.165) is 0 Å². The van der Waals surface area contributed by atoms with Crippen molar-refractivity contribution in [2.45, 2.75) is 31.5 Å². The van der Waals surface area contributed by atoms with Gasteiger partial charge in [-0.05, 0) is 6.92 Å². The largest absolute Gasteiger partial charge is 0.490 e. The summed E-state index contributed by atoms with van der Waals surface area (Å²) in [6.45, 7) is 1.69. The van der Waals surface area contributed by atoms with Gasteiger partial charge in [-0.2, -0.15) is 8.62 Å². The number of fused-ring (bicyclic) bond motifs is 1. The van der Waals surface area contributed by atoms with E-state index in [2.05, 4.69) is 23.6 Å². The molecule has 9 N–H and O–H groups in total. The van der Waals surface area contributed by atoms with Gasteiger partial charge in [0, 0.05) is 0 Å². The number of aromatic nitrogens is 4. The van der Waals surface area contributed by atoms with E-state index >= 15 is 0 Å². The zero-order valence-corrected chi connectivity index (χ0v) is 17.9. The van der Waals surface area contributed by atoms with Gasteiger partial charge in [0.25, 0.3) is 0 Å². The van der Waals surface area contributed by atoms with Crippen molar-refractivity contribution in [3.63, 3.8) is 0 Å². The van der Waals surface area contributed by atoms with Crippen molar-refractivity contribution in [2.24, 2.45) is 0 Å². The molecule has 0 saturated carbocycles. The Bertz CT molecular complexity index is 1040. The Kier molecular flexibility index (Phi) is 7.73. The van der Waals surface area contributed by atoms with E-state index in [9.17, 15) is 23.9 Å². The lowest BCUT2D eigenvalue weighted by Crippen LogP contribution is -2.30. The number of ether oxygens (including phenoxy) is 1. The zero-order valence-electron chi connectivity index (χ0n) is 15.3. The van der Waals surface area contributed by atoms with Crippen molar-refractivity contribution in [2.75, 3.05) is 5.73 Å². The molecule has 2 aromatic heterocycles. The van der Waals surface area contributed by atoms with Crippen LogP contribution in [0.3, 0.4) is 0 Å². The fourth-order valence-corrected chi connectivity index (χ4v) is 4.94. The molecule has 1 fully saturated rings. The van der Waals surface area contributed by atoms with Crippen molar-refractivity contribution >= 4 is 40.4 Å². The van der Waals surface area contributed by atoms with Crippen molar-refractivity contribution in [1.29, 1.82) is 0 Å². The zero-order chi connectivity index (χ0) is 23.8. The van der Waals surface area contributed by atoms with Gasteiger partial charge in [-0.15, -0.1) is 0 Å². The van der Waals surface area contributed by atoms with E-state index in [-0.39, 0.29) is 5.82 Å². The summed E-state index contributed by atoms with van der Waals surface area (Å²) in [5, 5.41) is 19.6. The second kappa shape index (κ2) is 9.25.